The normalized spacial score (nSPS) is 14.8. The van der Waals surface area contributed by atoms with E-state index in [0.29, 0.717) is 6.16 Å². The maximum Gasteiger partial charge on any atom is 0.189 e. The maximum atomic E-state index is 10.0. The molecule has 0 saturated carbocycles. The molecular formula is C5H11O2P. The molecule has 0 bridgehead atoms. The lowest BCUT2D eigenvalue weighted by Gasteiger charge is -1.85. The van der Waals surface area contributed by atoms with Crippen molar-refractivity contribution in [3.8, 4) is 0 Å². The zero-order chi connectivity index (χ0) is 6.41. The summed E-state index contributed by atoms with van der Waals surface area (Å²) in [6, 6.07) is 0. The minimum atomic E-state index is -2.21. The Labute approximate surface area is 50.1 Å². The van der Waals surface area contributed by atoms with Crippen molar-refractivity contribution in [2.24, 2.45) is 0 Å². The van der Waals surface area contributed by atoms with E-state index >= 15 is 0 Å². The fourth-order valence-electron chi connectivity index (χ4n) is 0.373. The standard InChI is InChI=1S/C5H11O2P/c1-2-3-4-5-8(6)7/h2-3,8H,4-5H2,1H3,(H,6,7)/b3-2+. The molecule has 0 heterocycles. The van der Waals surface area contributed by atoms with E-state index in [1.807, 2.05) is 19.1 Å². The average molecular weight is 134 g/mol. The van der Waals surface area contributed by atoms with Gasteiger partial charge in [0.15, 0.2) is 8.03 Å². The Morgan fingerprint density at radius 2 is 2.38 bits per heavy atom. The second kappa shape index (κ2) is 5.07. The Morgan fingerprint density at radius 3 is 2.75 bits per heavy atom. The van der Waals surface area contributed by atoms with Gasteiger partial charge in [0.05, 0.1) is 0 Å². The van der Waals surface area contributed by atoms with Crippen molar-refractivity contribution in [2.75, 3.05) is 6.16 Å². The van der Waals surface area contributed by atoms with Crippen molar-refractivity contribution >= 4 is 8.03 Å². The first-order chi connectivity index (χ1) is 3.77. The Balaban J connectivity index is 3.05. The maximum absolute atomic E-state index is 10.0. The third-order valence-corrected chi connectivity index (χ3v) is 1.48. The topological polar surface area (TPSA) is 37.3 Å². The van der Waals surface area contributed by atoms with Gasteiger partial charge in [-0.2, -0.15) is 0 Å². The molecule has 0 rings (SSSR count). The molecule has 0 amide bonds. The summed E-state index contributed by atoms with van der Waals surface area (Å²) in [4.78, 5) is 8.29. The van der Waals surface area contributed by atoms with Crippen LogP contribution in [0, 0.1) is 0 Å². The van der Waals surface area contributed by atoms with E-state index in [1.165, 1.54) is 0 Å². The summed E-state index contributed by atoms with van der Waals surface area (Å²) in [5.41, 5.74) is 0. The van der Waals surface area contributed by atoms with Crippen LogP contribution in [0.3, 0.4) is 0 Å². The summed E-state index contributed by atoms with van der Waals surface area (Å²) in [6.07, 6.45) is 4.92. The molecule has 8 heavy (non-hydrogen) atoms. The van der Waals surface area contributed by atoms with Gasteiger partial charge in [0, 0.05) is 6.16 Å². The number of rotatable bonds is 3. The van der Waals surface area contributed by atoms with E-state index in [1.54, 1.807) is 0 Å². The third kappa shape index (κ3) is 5.93. The van der Waals surface area contributed by atoms with Crippen molar-refractivity contribution in [3.63, 3.8) is 0 Å². The second-order valence-corrected chi connectivity index (χ2v) is 2.79. The van der Waals surface area contributed by atoms with Gasteiger partial charge < -0.3 is 4.89 Å². The highest BCUT2D eigenvalue weighted by Crippen LogP contribution is 2.13. The van der Waals surface area contributed by atoms with E-state index in [9.17, 15) is 4.57 Å². The summed E-state index contributed by atoms with van der Waals surface area (Å²) in [7, 11) is -2.21. The van der Waals surface area contributed by atoms with Crippen LogP contribution >= 0.6 is 8.03 Å². The Morgan fingerprint density at radius 1 is 1.75 bits per heavy atom. The van der Waals surface area contributed by atoms with Gasteiger partial charge in [0.1, 0.15) is 0 Å². The number of hydrogen-bond donors (Lipinski definition) is 1. The summed E-state index contributed by atoms with van der Waals surface area (Å²) in [6.45, 7) is 1.90. The molecule has 0 aliphatic carbocycles. The predicted molar refractivity (Wildman–Crippen MR) is 35.5 cm³/mol. The SMILES string of the molecule is C/C=C/CC[PH](=O)O. The van der Waals surface area contributed by atoms with Crippen LogP contribution in [0.25, 0.3) is 0 Å². The van der Waals surface area contributed by atoms with Crippen LogP contribution in [0.15, 0.2) is 12.2 Å². The number of hydrogen-bond acceptors (Lipinski definition) is 1. The first kappa shape index (κ1) is 7.93. The van der Waals surface area contributed by atoms with Crippen molar-refractivity contribution in [1.82, 2.24) is 0 Å². The highest BCUT2D eigenvalue weighted by molar-refractivity contribution is 7.37. The van der Waals surface area contributed by atoms with Crippen LogP contribution < -0.4 is 0 Å². The molecule has 1 atom stereocenters. The highest BCUT2D eigenvalue weighted by atomic mass is 31.1. The van der Waals surface area contributed by atoms with Gasteiger partial charge in [0.2, 0.25) is 0 Å². The molecule has 1 unspecified atom stereocenters. The van der Waals surface area contributed by atoms with E-state index in [2.05, 4.69) is 0 Å². The average Bonchev–Trinajstić information content (AvgIpc) is 1.66. The second-order valence-electron chi connectivity index (χ2n) is 1.50. The van der Waals surface area contributed by atoms with Gasteiger partial charge >= 0.3 is 0 Å². The molecule has 2 nitrogen and oxygen atoms in total. The van der Waals surface area contributed by atoms with Gasteiger partial charge in [0.25, 0.3) is 0 Å². The van der Waals surface area contributed by atoms with E-state index in [4.69, 9.17) is 4.89 Å². The van der Waals surface area contributed by atoms with Gasteiger partial charge in [-0.25, -0.2) is 0 Å². The summed E-state index contributed by atoms with van der Waals surface area (Å²) < 4.78 is 10.0. The minimum Gasteiger partial charge on any atom is -0.346 e. The lowest BCUT2D eigenvalue weighted by molar-refractivity contribution is 0.503. The largest absolute Gasteiger partial charge is 0.346 e. The molecule has 0 aromatic rings. The Bertz CT molecular complexity index is 98.6. The quantitative estimate of drug-likeness (QED) is 0.468. The van der Waals surface area contributed by atoms with Crippen molar-refractivity contribution in [1.29, 1.82) is 0 Å². The van der Waals surface area contributed by atoms with Gasteiger partial charge in [-0.15, -0.1) is 0 Å². The summed E-state index contributed by atoms with van der Waals surface area (Å²) >= 11 is 0. The molecule has 0 aliphatic rings. The monoisotopic (exact) mass is 134 g/mol. The molecule has 0 spiro atoms. The van der Waals surface area contributed by atoms with Gasteiger partial charge in [-0.05, 0) is 13.3 Å². The van der Waals surface area contributed by atoms with Crippen molar-refractivity contribution in [2.45, 2.75) is 13.3 Å². The van der Waals surface area contributed by atoms with Crippen molar-refractivity contribution in [3.05, 3.63) is 12.2 Å². The van der Waals surface area contributed by atoms with Crippen molar-refractivity contribution < 1.29 is 9.46 Å². The van der Waals surface area contributed by atoms with E-state index in [0.717, 1.165) is 6.42 Å². The zero-order valence-corrected chi connectivity index (χ0v) is 5.92. The van der Waals surface area contributed by atoms with Crippen LogP contribution in [0.1, 0.15) is 13.3 Å². The molecule has 0 fully saturated rings. The smallest absolute Gasteiger partial charge is 0.189 e. The lowest BCUT2D eigenvalue weighted by Crippen LogP contribution is -1.70. The fraction of sp³-hybridized carbons (Fsp3) is 0.600. The fourth-order valence-corrected chi connectivity index (χ4v) is 0.787. The molecule has 0 aliphatic heterocycles. The Hall–Kier alpha value is -0.0700. The first-order valence-corrected chi connectivity index (χ1v) is 4.16. The van der Waals surface area contributed by atoms with E-state index < -0.39 is 8.03 Å². The molecule has 48 valence electrons. The number of allylic oxidation sites excluding steroid dienone is 2. The summed E-state index contributed by atoms with van der Waals surface area (Å²) in [5.74, 6) is 0. The van der Waals surface area contributed by atoms with Gasteiger partial charge in [-0.1, -0.05) is 12.2 Å². The molecule has 0 aromatic carbocycles. The molecule has 1 N–H and O–H groups in total. The van der Waals surface area contributed by atoms with Crippen LogP contribution in [0.2, 0.25) is 0 Å². The van der Waals surface area contributed by atoms with E-state index in [-0.39, 0.29) is 0 Å². The summed E-state index contributed by atoms with van der Waals surface area (Å²) in [5, 5.41) is 0. The molecule has 0 radical (unpaired) electrons. The van der Waals surface area contributed by atoms with Gasteiger partial charge in [-0.3, -0.25) is 4.57 Å². The molecular weight excluding hydrogens is 123 g/mol. The van der Waals surface area contributed by atoms with Crippen LogP contribution in [0.4, 0.5) is 0 Å². The predicted octanol–water partition coefficient (Wildman–Crippen LogP) is 1.42. The molecule has 3 heteroatoms. The first-order valence-electron chi connectivity index (χ1n) is 2.60. The lowest BCUT2D eigenvalue weighted by atomic mass is 10.4. The minimum absolute atomic E-state index is 0.426. The molecule has 0 aromatic heterocycles. The zero-order valence-electron chi connectivity index (χ0n) is 4.92. The highest BCUT2D eigenvalue weighted by Gasteiger charge is 1.86. The van der Waals surface area contributed by atoms with Crippen LogP contribution in [-0.2, 0) is 4.57 Å². The molecule has 0 saturated heterocycles. The Kier molecular flexibility index (Phi) is 5.03. The third-order valence-electron chi connectivity index (χ3n) is 0.761. The van der Waals surface area contributed by atoms with Crippen LogP contribution in [0.5, 0.6) is 0 Å². The van der Waals surface area contributed by atoms with Crippen LogP contribution in [-0.4, -0.2) is 11.1 Å².